The first-order valence-electron chi connectivity index (χ1n) is 17.7. The van der Waals surface area contributed by atoms with Gasteiger partial charge in [0.05, 0.1) is 0 Å². The SMILES string of the molecule is CC(=O)N[C@H]1CC[C@@]2(C)[C@@H](CC[C@@]3(C)C4CC[C@@]5(C)CC[C@](C)(C(=O)NCCCNC(=O)OC(C)(C)C)C[C@H]5C4=CC(=O)[C@H]23)C1. The molecule has 8 nitrogen and oxygen atoms in total. The monoisotopic (exact) mass is 625 g/mol. The maximum atomic E-state index is 14.3. The van der Waals surface area contributed by atoms with Crippen LogP contribution in [-0.2, 0) is 19.1 Å². The van der Waals surface area contributed by atoms with Crippen molar-refractivity contribution in [1.29, 1.82) is 0 Å². The number of ether oxygens (including phenoxy) is 1. The molecule has 5 aliphatic carbocycles. The zero-order valence-corrected chi connectivity index (χ0v) is 29.2. The molecule has 8 heteroatoms. The zero-order valence-electron chi connectivity index (χ0n) is 29.2. The molecular formula is C37H59N3O5. The Morgan fingerprint density at radius 2 is 1.58 bits per heavy atom. The summed E-state index contributed by atoms with van der Waals surface area (Å²) in [7, 11) is 0. The molecule has 0 heterocycles. The third kappa shape index (κ3) is 6.45. The topological polar surface area (TPSA) is 114 Å². The van der Waals surface area contributed by atoms with Crippen LogP contribution in [0, 0.1) is 45.3 Å². The normalized spacial score (nSPS) is 40.8. The Kier molecular flexibility index (Phi) is 9.07. The Hall–Kier alpha value is -2.38. The van der Waals surface area contributed by atoms with Gasteiger partial charge in [-0.2, -0.15) is 0 Å². The number of hydrogen-bond donors (Lipinski definition) is 3. The van der Waals surface area contributed by atoms with E-state index in [4.69, 9.17) is 4.74 Å². The van der Waals surface area contributed by atoms with Gasteiger partial charge < -0.3 is 20.7 Å². The lowest BCUT2D eigenvalue weighted by atomic mass is 9.39. The largest absolute Gasteiger partial charge is 0.444 e. The number of alkyl carbamates (subject to hydrolysis) is 1. The van der Waals surface area contributed by atoms with Gasteiger partial charge in [-0.15, -0.1) is 0 Å². The summed E-state index contributed by atoms with van der Waals surface area (Å²) in [6, 6.07) is 0.220. The van der Waals surface area contributed by atoms with E-state index in [1.807, 2.05) is 20.8 Å². The van der Waals surface area contributed by atoms with Crippen LogP contribution in [0.4, 0.5) is 4.79 Å². The molecule has 0 aromatic rings. The number of allylic oxidation sites excluding steroid dienone is 2. The average molecular weight is 626 g/mol. The van der Waals surface area contributed by atoms with Crippen molar-refractivity contribution in [3.05, 3.63) is 11.6 Å². The number of fused-ring (bicyclic) bond motifs is 7. The number of carbonyl (C=O) groups is 4. The predicted octanol–water partition coefficient (Wildman–Crippen LogP) is 6.48. The molecule has 0 bridgehead atoms. The first-order valence-corrected chi connectivity index (χ1v) is 17.7. The predicted molar refractivity (Wildman–Crippen MR) is 175 cm³/mol. The minimum Gasteiger partial charge on any atom is -0.444 e. The number of carbonyl (C=O) groups excluding carboxylic acids is 4. The van der Waals surface area contributed by atoms with Gasteiger partial charge in [-0.1, -0.05) is 33.3 Å². The average Bonchev–Trinajstić information content (AvgIpc) is 2.92. The highest BCUT2D eigenvalue weighted by molar-refractivity contribution is 5.95. The van der Waals surface area contributed by atoms with Crippen LogP contribution in [0.3, 0.4) is 0 Å². The van der Waals surface area contributed by atoms with Crippen molar-refractivity contribution in [2.75, 3.05) is 13.1 Å². The van der Waals surface area contributed by atoms with Crippen molar-refractivity contribution < 1.29 is 23.9 Å². The van der Waals surface area contributed by atoms with Crippen molar-refractivity contribution in [2.45, 2.75) is 138 Å². The third-order valence-corrected chi connectivity index (χ3v) is 13.1. The van der Waals surface area contributed by atoms with Gasteiger partial charge in [0.1, 0.15) is 5.60 Å². The molecule has 4 saturated carbocycles. The Bertz CT molecular complexity index is 1240. The Morgan fingerprint density at radius 3 is 2.27 bits per heavy atom. The zero-order chi connectivity index (χ0) is 33.0. The Balaban J connectivity index is 1.28. The van der Waals surface area contributed by atoms with Crippen LogP contribution in [0.15, 0.2) is 11.6 Å². The van der Waals surface area contributed by atoms with Crippen LogP contribution in [0.25, 0.3) is 0 Å². The van der Waals surface area contributed by atoms with Gasteiger partial charge in [0, 0.05) is 37.4 Å². The summed E-state index contributed by atoms with van der Waals surface area (Å²) in [5.74, 6) is 1.53. The van der Waals surface area contributed by atoms with E-state index in [1.165, 1.54) is 5.57 Å². The lowest BCUT2D eigenvalue weighted by Crippen LogP contribution is -2.61. The van der Waals surface area contributed by atoms with Crippen molar-refractivity contribution in [1.82, 2.24) is 16.0 Å². The molecule has 5 aliphatic rings. The van der Waals surface area contributed by atoms with Crippen LogP contribution >= 0.6 is 0 Å². The van der Waals surface area contributed by atoms with Crippen LogP contribution in [0.5, 0.6) is 0 Å². The van der Waals surface area contributed by atoms with E-state index >= 15 is 0 Å². The van der Waals surface area contributed by atoms with Crippen LogP contribution in [-0.4, -0.2) is 48.4 Å². The van der Waals surface area contributed by atoms with E-state index in [0.717, 1.165) is 64.2 Å². The lowest BCUT2D eigenvalue weighted by molar-refractivity contribution is -0.156. The number of hydrogen-bond acceptors (Lipinski definition) is 5. The van der Waals surface area contributed by atoms with E-state index in [1.54, 1.807) is 6.92 Å². The summed E-state index contributed by atoms with van der Waals surface area (Å²) in [5, 5.41) is 9.09. The quantitative estimate of drug-likeness (QED) is 0.293. The van der Waals surface area contributed by atoms with Gasteiger partial charge in [-0.05, 0) is 131 Å². The highest BCUT2D eigenvalue weighted by atomic mass is 16.6. The summed E-state index contributed by atoms with van der Waals surface area (Å²) < 4.78 is 5.30. The molecule has 0 aliphatic heterocycles. The summed E-state index contributed by atoms with van der Waals surface area (Å²) >= 11 is 0. The molecule has 3 amide bonds. The van der Waals surface area contributed by atoms with E-state index in [0.29, 0.717) is 37.1 Å². The minimum absolute atomic E-state index is 0.0210. The molecule has 0 aromatic heterocycles. The number of amides is 3. The second-order valence-electron chi connectivity index (χ2n) is 17.5. The molecule has 4 fully saturated rings. The molecule has 3 N–H and O–H groups in total. The van der Waals surface area contributed by atoms with Crippen LogP contribution in [0.2, 0.25) is 0 Å². The maximum absolute atomic E-state index is 14.3. The van der Waals surface area contributed by atoms with Crippen molar-refractivity contribution in [3.8, 4) is 0 Å². The molecule has 9 atom stereocenters. The fourth-order valence-corrected chi connectivity index (χ4v) is 10.7. The summed E-state index contributed by atoms with van der Waals surface area (Å²) in [6.45, 7) is 17.3. The van der Waals surface area contributed by atoms with E-state index in [9.17, 15) is 19.2 Å². The van der Waals surface area contributed by atoms with Gasteiger partial charge in [0.15, 0.2) is 5.78 Å². The molecule has 5 rings (SSSR count). The van der Waals surface area contributed by atoms with Crippen LogP contribution < -0.4 is 16.0 Å². The van der Waals surface area contributed by atoms with Gasteiger partial charge >= 0.3 is 6.09 Å². The lowest BCUT2D eigenvalue weighted by Gasteiger charge is -2.65. The molecule has 0 saturated heterocycles. The Morgan fingerprint density at radius 1 is 0.889 bits per heavy atom. The standard InChI is InChI=1S/C37H59N3O5/c1-23(41)40-25-11-15-36(7)24(20-25)10-14-37(8)27-12-13-34(5)16-17-35(6,22-28(34)26(27)21-29(42)30(36)37)31(43)38-18-9-19-39-32(44)45-33(2,3)4/h21,24-25,27-28,30H,9-20,22H2,1-8H3,(H,38,43)(H,39,44)(H,40,41)/t24-,25-,27?,28-,30+,34-,35-,36-,37-/m0/s1. The minimum atomic E-state index is -0.539. The van der Waals surface area contributed by atoms with Gasteiger partial charge in [0.25, 0.3) is 0 Å². The van der Waals surface area contributed by atoms with Gasteiger partial charge in [-0.3, -0.25) is 14.4 Å². The fraction of sp³-hybridized carbons (Fsp3) is 0.838. The smallest absolute Gasteiger partial charge is 0.407 e. The molecule has 0 radical (unpaired) electrons. The fourth-order valence-electron chi connectivity index (χ4n) is 10.7. The van der Waals surface area contributed by atoms with E-state index in [-0.39, 0.29) is 45.9 Å². The van der Waals surface area contributed by atoms with Gasteiger partial charge in [0.2, 0.25) is 11.8 Å². The molecule has 0 aromatic carbocycles. The number of ketones is 1. The van der Waals surface area contributed by atoms with Crippen molar-refractivity contribution in [3.63, 3.8) is 0 Å². The maximum Gasteiger partial charge on any atom is 0.407 e. The first kappa shape index (κ1) is 34.0. The molecule has 252 valence electrons. The number of nitrogens with one attached hydrogen (secondary N) is 3. The molecular weight excluding hydrogens is 566 g/mol. The summed E-state index contributed by atoms with van der Waals surface area (Å²) in [4.78, 5) is 51.7. The Labute approximate surface area is 271 Å². The summed E-state index contributed by atoms with van der Waals surface area (Å²) in [5.41, 5.74) is 0.315. The second-order valence-corrected chi connectivity index (χ2v) is 17.5. The molecule has 1 unspecified atom stereocenters. The molecule has 0 spiro atoms. The van der Waals surface area contributed by atoms with Crippen molar-refractivity contribution >= 4 is 23.7 Å². The van der Waals surface area contributed by atoms with Crippen LogP contribution in [0.1, 0.15) is 126 Å². The van der Waals surface area contributed by atoms with Crippen molar-refractivity contribution in [2.24, 2.45) is 45.3 Å². The molecule has 45 heavy (non-hydrogen) atoms. The van der Waals surface area contributed by atoms with E-state index < -0.39 is 17.1 Å². The first-order chi connectivity index (χ1) is 20.9. The van der Waals surface area contributed by atoms with E-state index in [2.05, 4.69) is 49.7 Å². The third-order valence-electron chi connectivity index (χ3n) is 13.1. The summed E-state index contributed by atoms with van der Waals surface area (Å²) in [6.07, 6.45) is 12.2. The highest BCUT2D eigenvalue weighted by Gasteiger charge is 2.64. The van der Waals surface area contributed by atoms with Gasteiger partial charge in [-0.25, -0.2) is 4.79 Å². The second kappa shape index (κ2) is 12.0. The number of rotatable bonds is 6. The highest BCUT2D eigenvalue weighted by Crippen LogP contribution is 2.69.